The third-order valence-corrected chi connectivity index (χ3v) is 3.64. The van der Waals surface area contributed by atoms with Crippen molar-refractivity contribution in [3.63, 3.8) is 0 Å². The Hall–Kier alpha value is -2.24. The molecule has 2 N–H and O–H groups in total. The normalized spacial score (nSPS) is 13.5. The van der Waals surface area contributed by atoms with E-state index in [1.54, 1.807) is 7.11 Å². The molecule has 2 rings (SSSR count). The zero-order valence-electron chi connectivity index (χ0n) is 12.3. The standard InChI is InChI=1S/C15H20N2O4/c1-10-5-6-12(21-2)15-11(10)4-3-7-17(15)9-13(18)16-8-14(19)20/h5-6H,3-4,7-9H2,1-2H3,(H,16,18)(H,19,20). The number of rotatable bonds is 5. The number of carboxylic acids is 1. The van der Waals surface area contributed by atoms with E-state index >= 15 is 0 Å². The van der Waals surface area contributed by atoms with Crippen molar-refractivity contribution in [2.45, 2.75) is 19.8 Å². The van der Waals surface area contributed by atoms with Crippen LogP contribution in [-0.4, -0.2) is 43.7 Å². The Bertz CT molecular complexity index is 557. The third kappa shape index (κ3) is 3.45. The molecule has 0 fully saturated rings. The van der Waals surface area contributed by atoms with Gasteiger partial charge in [0.05, 0.1) is 19.3 Å². The second-order valence-corrected chi connectivity index (χ2v) is 5.11. The second-order valence-electron chi connectivity index (χ2n) is 5.11. The molecule has 0 saturated heterocycles. The molecule has 0 atom stereocenters. The van der Waals surface area contributed by atoms with Crippen LogP contribution in [0.15, 0.2) is 12.1 Å². The number of nitrogens with one attached hydrogen (secondary N) is 1. The van der Waals surface area contributed by atoms with Crippen LogP contribution in [0.2, 0.25) is 0 Å². The van der Waals surface area contributed by atoms with E-state index in [-0.39, 0.29) is 19.0 Å². The molecule has 1 aromatic carbocycles. The number of methoxy groups -OCH3 is 1. The Morgan fingerprint density at radius 3 is 2.86 bits per heavy atom. The number of carbonyl (C=O) groups excluding carboxylic acids is 1. The molecule has 6 heteroatoms. The number of aryl methyl sites for hydroxylation is 1. The molecule has 21 heavy (non-hydrogen) atoms. The summed E-state index contributed by atoms with van der Waals surface area (Å²) in [7, 11) is 1.61. The summed E-state index contributed by atoms with van der Waals surface area (Å²) in [4.78, 5) is 24.3. The molecule has 1 aliphatic rings. The van der Waals surface area contributed by atoms with E-state index in [4.69, 9.17) is 9.84 Å². The van der Waals surface area contributed by atoms with Gasteiger partial charge in [0.2, 0.25) is 5.91 Å². The molecule has 0 aliphatic carbocycles. The smallest absolute Gasteiger partial charge is 0.322 e. The average molecular weight is 292 g/mol. The van der Waals surface area contributed by atoms with E-state index in [1.165, 1.54) is 11.1 Å². The Kier molecular flexibility index (Phi) is 4.67. The summed E-state index contributed by atoms with van der Waals surface area (Å²) < 4.78 is 5.41. The maximum atomic E-state index is 11.9. The molecule has 0 saturated carbocycles. The Morgan fingerprint density at radius 2 is 2.19 bits per heavy atom. The molecule has 0 unspecified atom stereocenters. The maximum Gasteiger partial charge on any atom is 0.322 e. The lowest BCUT2D eigenvalue weighted by atomic mass is 9.96. The number of amides is 1. The minimum Gasteiger partial charge on any atom is -0.495 e. The number of hydrogen-bond donors (Lipinski definition) is 2. The van der Waals surface area contributed by atoms with Gasteiger partial charge in [0.1, 0.15) is 12.3 Å². The predicted molar refractivity (Wildman–Crippen MR) is 78.9 cm³/mol. The van der Waals surface area contributed by atoms with Crippen molar-refractivity contribution in [1.29, 1.82) is 0 Å². The molecule has 1 heterocycles. The summed E-state index contributed by atoms with van der Waals surface area (Å²) in [6.07, 6.45) is 1.93. The highest BCUT2D eigenvalue weighted by Crippen LogP contribution is 2.37. The molecular weight excluding hydrogens is 272 g/mol. The molecule has 0 spiro atoms. The van der Waals surface area contributed by atoms with Gasteiger partial charge in [-0.25, -0.2) is 0 Å². The summed E-state index contributed by atoms with van der Waals surface area (Å²) in [5.74, 6) is -0.592. The zero-order chi connectivity index (χ0) is 15.4. The summed E-state index contributed by atoms with van der Waals surface area (Å²) in [6.45, 7) is 2.59. The van der Waals surface area contributed by atoms with Gasteiger partial charge in [-0.3, -0.25) is 9.59 Å². The van der Waals surface area contributed by atoms with Gasteiger partial charge in [-0.15, -0.1) is 0 Å². The number of ether oxygens (including phenoxy) is 1. The van der Waals surface area contributed by atoms with Crippen molar-refractivity contribution in [1.82, 2.24) is 5.32 Å². The first kappa shape index (κ1) is 15.2. The SMILES string of the molecule is COc1ccc(C)c2c1N(CC(=O)NCC(=O)O)CCC2. The van der Waals surface area contributed by atoms with Crippen LogP contribution in [0.1, 0.15) is 17.5 Å². The number of hydrogen-bond acceptors (Lipinski definition) is 4. The number of carbonyl (C=O) groups is 2. The Balaban J connectivity index is 2.19. The lowest BCUT2D eigenvalue weighted by molar-refractivity contribution is -0.137. The van der Waals surface area contributed by atoms with Crippen LogP contribution < -0.4 is 15.0 Å². The van der Waals surface area contributed by atoms with Gasteiger partial charge in [0, 0.05) is 6.54 Å². The monoisotopic (exact) mass is 292 g/mol. The summed E-state index contributed by atoms with van der Waals surface area (Å²) in [5, 5.41) is 11.0. The van der Waals surface area contributed by atoms with Gasteiger partial charge in [0.25, 0.3) is 0 Å². The fourth-order valence-electron chi connectivity index (χ4n) is 2.66. The summed E-state index contributed by atoms with van der Waals surface area (Å²) >= 11 is 0. The fraction of sp³-hybridized carbons (Fsp3) is 0.467. The molecule has 114 valence electrons. The van der Waals surface area contributed by atoms with Crippen molar-refractivity contribution in [3.05, 3.63) is 23.3 Å². The largest absolute Gasteiger partial charge is 0.495 e. The fourth-order valence-corrected chi connectivity index (χ4v) is 2.66. The van der Waals surface area contributed by atoms with Gasteiger partial charge in [-0.1, -0.05) is 6.07 Å². The number of nitrogens with zero attached hydrogens (tertiary/aromatic N) is 1. The van der Waals surface area contributed by atoms with Crippen LogP contribution in [-0.2, 0) is 16.0 Å². The average Bonchev–Trinajstić information content (AvgIpc) is 2.46. The van der Waals surface area contributed by atoms with Gasteiger partial charge in [-0.05, 0) is 37.0 Å². The van der Waals surface area contributed by atoms with E-state index in [0.717, 1.165) is 30.8 Å². The quantitative estimate of drug-likeness (QED) is 0.845. The van der Waals surface area contributed by atoms with Crippen LogP contribution in [0.5, 0.6) is 5.75 Å². The molecule has 0 bridgehead atoms. The zero-order valence-corrected chi connectivity index (χ0v) is 12.3. The van der Waals surface area contributed by atoms with E-state index < -0.39 is 5.97 Å². The van der Waals surface area contributed by atoms with Crippen LogP contribution in [0.4, 0.5) is 5.69 Å². The minimum absolute atomic E-state index is 0.139. The Labute approximate surface area is 123 Å². The molecular formula is C15H20N2O4. The molecule has 1 aliphatic heterocycles. The van der Waals surface area contributed by atoms with Crippen molar-refractivity contribution in [3.8, 4) is 5.75 Å². The van der Waals surface area contributed by atoms with Gasteiger partial charge >= 0.3 is 5.97 Å². The van der Waals surface area contributed by atoms with Crippen molar-refractivity contribution in [2.24, 2.45) is 0 Å². The lowest BCUT2D eigenvalue weighted by Gasteiger charge is -2.33. The van der Waals surface area contributed by atoms with Crippen LogP contribution in [0.3, 0.4) is 0 Å². The molecule has 1 aromatic rings. The first-order valence-electron chi connectivity index (χ1n) is 6.93. The molecule has 1 amide bonds. The van der Waals surface area contributed by atoms with Crippen molar-refractivity contribution >= 4 is 17.6 Å². The van der Waals surface area contributed by atoms with Crippen LogP contribution >= 0.6 is 0 Å². The number of benzene rings is 1. The van der Waals surface area contributed by atoms with Crippen molar-refractivity contribution in [2.75, 3.05) is 31.6 Å². The summed E-state index contributed by atoms with van der Waals surface area (Å²) in [6, 6.07) is 3.92. The van der Waals surface area contributed by atoms with Gasteiger partial charge in [-0.2, -0.15) is 0 Å². The molecule has 6 nitrogen and oxygen atoms in total. The molecule has 0 radical (unpaired) electrons. The lowest BCUT2D eigenvalue weighted by Crippen LogP contribution is -2.41. The first-order valence-corrected chi connectivity index (χ1v) is 6.93. The predicted octanol–water partition coefficient (Wildman–Crippen LogP) is 0.957. The van der Waals surface area contributed by atoms with Crippen molar-refractivity contribution < 1.29 is 19.4 Å². The molecule has 0 aromatic heterocycles. The maximum absolute atomic E-state index is 11.9. The van der Waals surface area contributed by atoms with Crippen LogP contribution in [0.25, 0.3) is 0 Å². The van der Waals surface area contributed by atoms with E-state index in [0.29, 0.717) is 0 Å². The minimum atomic E-state index is -1.05. The van der Waals surface area contributed by atoms with E-state index in [1.807, 2.05) is 24.0 Å². The Morgan fingerprint density at radius 1 is 1.43 bits per heavy atom. The number of aliphatic carboxylic acids is 1. The van der Waals surface area contributed by atoms with E-state index in [9.17, 15) is 9.59 Å². The number of anilines is 1. The third-order valence-electron chi connectivity index (χ3n) is 3.64. The first-order chi connectivity index (χ1) is 10.0. The number of fused-ring (bicyclic) bond motifs is 1. The topological polar surface area (TPSA) is 78.9 Å². The van der Waals surface area contributed by atoms with Crippen LogP contribution in [0, 0.1) is 6.92 Å². The highest BCUT2D eigenvalue weighted by atomic mass is 16.5. The van der Waals surface area contributed by atoms with Gasteiger partial charge < -0.3 is 20.1 Å². The summed E-state index contributed by atoms with van der Waals surface area (Å²) in [5.41, 5.74) is 3.34. The second kappa shape index (κ2) is 6.47. The highest BCUT2D eigenvalue weighted by Gasteiger charge is 2.24. The van der Waals surface area contributed by atoms with E-state index in [2.05, 4.69) is 5.32 Å². The highest BCUT2D eigenvalue weighted by molar-refractivity contribution is 5.86. The number of carboxylic acid groups (broad SMARTS) is 1. The van der Waals surface area contributed by atoms with Gasteiger partial charge in [0.15, 0.2) is 0 Å².